The minimum absolute atomic E-state index is 0.0912. The molecule has 0 bridgehead atoms. The number of carbonyl (C=O) groups is 5. The van der Waals surface area contributed by atoms with E-state index in [1.807, 2.05) is 6.92 Å². The highest BCUT2D eigenvalue weighted by atomic mass is 16.6. The molecule has 1 aromatic rings. The third-order valence-corrected chi connectivity index (χ3v) is 5.84. The van der Waals surface area contributed by atoms with E-state index in [1.165, 1.54) is 12.0 Å². The molecule has 0 saturated heterocycles. The minimum Gasteiger partial charge on any atom is -0.468 e. The van der Waals surface area contributed by atoms with Crippen molar-refractivity contribution in [3.05, 3.63) is 35.9 Å². The number of hydrogen-bond acceptors (Lipinski definition) is 7. The lowest BCUT2D eigenvalue weighted by atomic mass is 9.96. The van der Waals surface area contributed by atoms with E-state index in [1.54, 1.807) is 51.1 Å². The third kappa shape index (κ3) is 12.2. The van der Waals surface area contributed by atoms with Gasteiger partial charge in [-0.2, -0.15) is 0 Å². The van der Waals surface area contributed by atoms with Crippen LogP contribution in [-0.2, 0) is 28.7 Å². The first-order valence-electron chi connectivity index (χ1n) is 13.2. The number of primary amides is 1. The zero-order valence-corrected chi connectivity index (χ0v) is 24.1. The Morgan fingerprint density at radius 1 is 0.974 bits per heavy atom. The van der Waals surface area contributed by atoms with Crippen molar-refractivity contribution in [1.29, 1.82) is 0 Å². The summed E-state index contributed by atoms with van der Waals surface area (Å²) < 4.78 is 9.99. The Bertz CT molecular complexity index is 976. The van der Waals surface area contributed by atoms with Gasteiger partial charge in [0.2, 0.25) is 17.7 Å². The third-order valence-electron chi connectivity index (χ3n) is 5.84. The number of nitrogens with one attached hydrogen (secondary N) is 2. The maximum atomic E-state index is 14.2. The van der Waals surface area contributed by atoms with Gasteiger partial charge in [-0.1, -0.05) is 44.2 Å². The fraction of sp³-hybridized carbons (Fsp3) is 0.607. The molecule has 1 aromatic carbocycles. The monoisotopic (exact) mass is 548 g/mol. The van der Waals surface area contributed by atoms with Crippen LogP contribution in [0.3, 0.4) is 0 Å². The number of carbonyl (C=O) groups excluding carboxylic acids is 5. The second kappa shape index (κ2) is 15.7. The van der Waals surface area contributed by atoms with Crippen LogP contribution >= 0.6 is 0 Å². The largest absolute Gasteiger partial charge is 0.468 e. The standard InChI is InChI=1S/C28H44N4O7/c1-18(2)13-14-19(3)32(24(20-11-9-8-10-12-20)25(35)30-17-23(34)38-7)26(36)21(15-16-22(29)33)31-27(37)39-28(4,5)6/h8-12,18-19,21,24H,13-17H2,1-7H3,(H2,29,33)(H,30,35)(H,31,37). The summed E-state index contributed by atoms with van der Waals surface area (Å²) in [6, 6.07) is 5.87. The first-order chi connectivity index (χ1) is 18.2. The van der Waals surface area contributed by atoms with Crippen LogP contribution in [0, 0.1) is 5.92 Å². The van der Waals surface area contributed by atoms with Gasteiger partial charge in [-0.3, -0.25) is 19.2 Å². The van der Waals surface area contributed by atoms with Crippen LogP contribution in [0.15, 0.2) is 30.3 Å². The molecule has 3 atom stereocenters. The Morgan fingerprint density at radius 3 is 2.10 bits per heavy atom. The van der Waals surface area contributed by atoms with Crippen molar-refractivity contribution in [3.8, 4) is 0 Å². The minimum atomic E-state index is -1.20. The van der Waals surface area contributed by atoms with Crippen molar-refractivity contribution in [2.45, 2.75) is 91.0 Å². The van der Waals surface area contributed by atoms with Crippen LogP contribution < -0.4 is 16.4 Å². The van der Waals surface area contributed by atoms with Gasteiger partial charge in [0.1, 0.15) is 24.2 Å². The van der Waals surface area contributed by atoms with E-state index in [0.717, 1.165) is 6.42 Å². The van der Waals surface area contributed by atoms with Crippen LogP contribution in [0.25, 0.3) is 0 Å². The molecule has 218 valence electrons. The number of nitrogens with zero attached hydrogens (tertiary/aromatic N) is 1. The number of ether oxygens (including phenoxy) is 2. The van der Waals surface area contributed by atoms with Crippen LogP contribution in [0.1, 0.15) is 78.8 Å². The summed E-state index contributed by atoms with van der Waals surface area (Å²) >= 11 is 0. The lowest BCUT2D eigenvalue weighted by Gasteiger charge is -2.38. The predicted molar refractivity (Wildman–Crippen MR) is 146 cm³/mol. The number of methoxy groups -OCH3 is 1. The molecular formula is C28H44N4O7. The average molecular weight is 549 g/mol. The maximum absolute atomic E-state index is 14.2. The van der Waals surface area contributed by atoms with Crippen LogP contribution in [0.2, 0.25) is 0 Å². The molecule has 3 unspecified atom stereocenters. The molecule has 0 aliphatic carbocycles. The molecule has 11 nitrogen and oxygen atoms in total. The fourth-order valence-corrected chi connectivity index (χ4v) is 3.89. The molecule has 39 heavy (non-hydrogen) atoms. The van der Waals surface area contributed by atoms with Gasteiger partial charge < -0.3 is 30.7 Å². The lowest BCUT2D eigenvalue weighted by molar-refractivity contribution is -0.146. The molecule has 0 saturated carbocycles. The van der Waals surface area contributed by atoms with Gasteiger partial charge in [0.05, 0.1) is 7.11 Å². The number of alkyl carbamates (subject to hydrolysis) is 1. The summed E-state index contributed by atoms with van der Waals surface area (Å²) in [7, 11) is 1.21. The van der Waals surface area contributed by atoms with E-state index in [-0.39, 0.29) is 19.4 Å². The van der Waals surface area contributed by atoms with Crippen molar-refractivity contribution in [2.75, 3.05) is 13.7 Å². The number of hydrogen-bond donors (Lipinski definition) is 3. The zero-order chi connectivity index (χ0) is 29.8. The molecule has 4 N–H and O–H groups in total. The lowest BCUT2D eigenvalue weighted by Crippen LogP contribution is -2.56. The van der Waals surface area contributed by atoms with Gasteiger partial charge in [-0.05, 0) is 58.4 Å². The van der Waals surface area contributed by atoms with Crippen molar-refractivity contribution < 1.29 is 33.4 Å². The van der Waals surface area contributed by atoms with E-state index in [2.05, 4.69) is 29.2 Å². The van der Waals surface area contributed by atoms with Gasteiger partial charge in [-0.25, -0.2) is 4.79 Å². The second-order valence-corrected chi connectivity index (χ2v) is 10.9. The number of esters is 1. The molecule has 1 rings (SSSR count). The van der Waals surface area contributed by atoms with E-state index >= 15 is 0 Å². The maximum Gasteiger partial charge on any atom is 0.408 e. The summed E-state index contributed by atoms with van der Waals surface area (Å²) in [6.45, 7) is 10.6. The molecular weight excluding hydrogens is 504 g/mol. The summed E-state index contributed by atoms with van der Waals surface area (Å²) in [5.74, 6) is -2.14. The second-order valence-electron chi connectivity index (χ2n) is 10.9. The Balaban J connectivity index is 3.57. The fourth-order valence-electron chi connectivity index (χ4n) is 3.89. The summed E-state index contributed by atoms with van der Waals surface area (Å²) in [6.07, 6.45) is 0.219. The Hall–Kier alpha value is -3.63. The first-order valence-corrected chi connectivity index (χ1v) is 13.2. The highest BCUT2D eigenvalue weighted by Gasteiger charge is 2.39. The number of benzene rings is 1. The van der Waals surface area contributed by atoms with E-state index in [0.29, 0.717) is 17.9 Å². The van der Waals surface area contributed by atoms with Crippen LogP contribution in [0.4, 0.5) is 4.79 Å². The first kappa shape index (κ1) is 33.4. The van der Waals surface area contributed by atoms with Crippen molar-refractivity contribution in [2.24, 2.45) is 11.7 Å². The van der Waals surface area contributed by atoms with Crippen LogP contribution in [0.5, 0.6) is 0 Å². The smallest absolute Gasteiger partial charge is 0.408 e. The highest BCUT2D eigenvalue weighted by Crippen LogP contribution is 2.28. The Kier molecular flexibility index (Phi) is 13.4. The predicted octanol–water partition coefficient (Wildman–Crippen LogP) is 2.83. The van der Waals surface area contributed by atoms with Gasteiger partial charge in [0, 0.05) is 12.5 Å². The van der Waals surface area contributed by atoms with Crippen molar-refractivity contribution in [3.63, 3.8) is 0 Å². The molecule has 0 aromatic heterocycles. The van der Waals surface area contributed by atoms with Gasteiger partial charge >= 0.3 is 12.1 Å². The normalized spacial score (nSPS) is 13.5. The molecule has 0 heterocycles. The van der Waals surface area contributed by atoms with Gasteiger partial charge in [0.15, 0.2) is 0 Å². The highest BCUT2D eigenvalue weighted by molar-refractivity contribution is 5.93. The molecule has 11 heteroatoms. The van der Waals surface area contributed by atoms with Gasteiger partial charge in [0.25, 0.3) is 0 Å². The number of rotatable bonds is 14. The zero-order valence-electron chi connectivity index (χ0n) is 24.1. The summed E-state index contributed by atoms with van der Waals surface area (Å²) in [4.78, 5) is 65.2. The van der Waals surface area contributed by atoms with Gasteiger partial charge in [-0.15, -0.1) is 0 Å². The summed E-state index contributed by atoms with van der Waals surface area (Å²) in [5, 5.41) is 5.12. The van der Waals surface area contributed by atoms with Crippen molar-refractivity contribution in [1.82, 2.24) is 15.5 Å². The van der Waals surface area contributed by atoms with E-state index in [9.17, 15) is 24.0 Å². The van der Waals surface area contributed by atoms with Crippen LogP contribution in [-0.4, -0.2) is 66.0 Å². The average Bonchev–Trinajstić information content (AvgIpc) is 2.85. The molecule has 0 radical (unpaired) electrons. The van der Waals surface area contributed by atoms with Crippen molar-refractivity contribution >= 4 is 29.8 Å². The molecule has 0 spiro atoms. The quantitative estimate of drug-likeness (QED) is 0.302. The van der Waals surface area contributed by atoms with E-state index in [4.69, 9.17) is 10.5 Å². The molecule has 0 aliphatic heterocycles. The SMILES string of the molecule is COC(=O)CNC(=O)C(c1ccccc1)N(C(=O)C(CCC(N)=O)NC(=O)OC(C)(C)C)C(C)CCC(C)C. The molecule has 0 aliphatic rings. The summed E-state index contributed by atoms with van der Waals surface area (Å²) in [5.41, 5.74) is 5.04. The molecule has 0 fully saturated rings. The Morgan fingerprint density at radius 2 is 1.59 bits per heavy atom. The Labute approximate surface area is 231 Å². The number of amides is 4. The van der Waals surface area contributed by atoms with E-state index < -0.39 is 53.5 Å². The number of nitrogens with two attached hydrogens (primary N) is 1. The topological polar surface area (TPSA) is 157 Å². The molecule has 4 amide bonds.